The third kappa shape index (κ3) is 7.19. The number of thiol groups is 1. The van der Waals surface area contributed by atoms with Gasteiger partial charge in [0.1, 0.15) is 18.5 Å². The average Bonchev–Trinajstić information content (AvgIpc) is 3.29. The Balaban J connectivity index is 1.71. The molecule has 0 saturated heterocycles. The molecule has 0 bridgehead atoms. The molecule has 10 heteroatoms. The molecule has 33 heavy (non-hydrogen) atoms. The van der Waals surface area contributed by atoms with E-state index in [9.17, 15) is 9.59 Å². The number of anilines is 1. The van der Waals surface area contributed by atoms with E-state index in [-0.39, 0.29) is 38.3 Å². The quantitative estimate of drug-likeness (QED) is 0.333. The van der Waals surface area contributed by atoms with Crippen LogP contribution in [0.1, 0.15) is 25.0 Å². The van der Waals surface area contributed by atoms with Crippen LogP contribution in [0.25, 0.3) is 0 Å². The van der Waals surface area contributed by atoms with Crippen LogP contribution in [0.15, 0.2) is 42.5 Å². The molecule has 178 valence electrons. The van der Waals surface area contributed by atoms with E-state index < -0.39 is 18.2 Å². The van der Waals surface area contributed by atoms with Gasteiger partial charge in [0.25, 0.3) is 0 Å². The topological polar surface area (TPSA) is 113 Å². The molecule has 3 rings (SSSR count). The molecule has 2 N–H and O–H groups in total. The number of benzene rings is 2. The van der Waals surface area contributed by atoms with Gasteiger partial charge in [0.05, 0.1) is 19.0 Å². The summed E-state index contributed by atoms with van der Waals surface area (Å²) >= 11 is 3.89. The minimum atomic E-state index is -0.653. The number of amides is 1. The number of hydrogen-bond acceptors (Lipinski definition) is 9. The van der Waals surface area contributed by atoms with E-state index in [1.165, 1.54) is 0 Å². The van der Waals surface area contributed by atoms with Gasteiger partial charge in [-0.1, -0.05) is 19.1 Å². The van der Waals surface area contributed by atoms with Crippen LogP contribution in [0, 0.1) is 5.92 Å². The van der Waals surface area contributed by atoms with Crippen molar-refractivity contribution in [3.63, 3.8) is 0 Å². The van der Waals surface area contributed by atoms with E-state index in [0.717, 1.165) is 0 Å². The van der Waals surface area contributed by atoms with Crippen molar-refractivity contribution in [2.75, 3.05) is 37.7 Å². The molecule has 1 aliphatic rings. The zero-order chi connectivity index (χ0) is 23.6. The lowest BCUT2D eigenvalue weighted by Gasteiger charge is -2.25. The lowest BCUT2D eigenvalue weighted by molar-refractivity contribution is -0.141. The molecule has 1 heterocycles. The largest absolute Gasteiger partial charge is 0.491 e. The Morgan fingerprint density at radius 1 is 1.15 bits per heavy atom. The molecule has 1 amide bonds. The van der Waals surface area contributed by atoms with Gasteiger partial charge in [-0.05, 0) is 36.2 Å². The Bertz CT molecular complexity index is 954. The fourth-order valence-electron chi connectivity index (χ4n) is 3.25. The number of fused-ring (bicyclic) bond motifs is 1. The maximum atomic E-state index is 12.7. The van der Waals surface area contributed by atoms with Crippen LogP contribution in [-0.2, 0) is 14.3 Å². The minimum absolute atomic E-state index is 0.00348. The summed E-state index contributed by atoms with van der Waals surface area (Å²) in [5.41, 5.74) is 1.21. The summed E-state index contributed by atoms with van der Waals surface area (Å²) < 4.78 is 27.0. The van der Waals surface area contributed by atoms with Gasteiger partial charge in [-0.3, -0.25) is 10.1 Å². The molecule has 2 aromatic rings. The van der Waals surface area contributed by atoms with Crippen molar-refractivity contribution in [3.8, 4) is 17.2 Å². The van der Waals surface area contributed by atoms with E-state index in [1.807, 2.05) is 13.0 Å². The summed E-state index contributed by atoms with van der Waals surface area (Å²) in [5, 5.41) is 11.7. The van der Waals surface area contributed by atoms with Crippen molar-refractivity contribution in [3.05, 3.63) is 48.0 Å². The normalized spacial score (nSPS) is 13.7. The second-order valence-electron chi connectivity index (χ2n) is 7.31. The zero-order valence-electron chi connectivity index (χ0n) is 18.2. The maximum Gasteiger partial charge on any atom is 0.412 e. The smallest absolute Gasteiger partial charge is 0.412 e. The summed E-state index contributed by atoms with van der Waals surface area (Å²) in [5.74, 6) is 1.08. The van der Waals surface area contributed by atoms with Crippen LogP contribution in [0.4, 0.5) is 10.5 Å². The van der Waals surface area contributed by atoms with Crippen molar-refractivity contribution in [1.29, 1.82) is 0 Å². The number of esters is 1. The van der Waals surface area contributed by atoms with Crippen LogP contribution in [0.3, 0.4) is 0 Å². The molecule has 1 aliphatic heterocycles. The molecule has 0 aliphatic carbocycles. The molecule has 0 unspecified atom stereocenters. The van der Waals surface area contributed by atoms with Crippen LogP contribution in [0.5, 0.6) is 17.2 Å². The second-order valence-corrected chi connectivity index (χ2v) is 7.62. The van der Waals surface area contributed by atoms with Gasteiger partial charge in [-0.15, -0.1) is 0 Å². The monoisotopic (exact) mass is 477 g/mol. The van der Waals surface area contributed by atoms with Crippen molar-refractivity contribution in [1.82, 2.24) is 0 Å². The van der Waals surface area contributed by atoms with E-state index in [1.54, 1.807) is 36.4 Å². The Morgan fingerprint density at radius 2 is 1.97 bits per heavy atom. The third-order valence-corrected chi connectivity index (χ3v) is 5.14. The molecular formula is C23H27NO8S. The lowest BCUT2D eigenvalue weighted by atomic mass is 9.94. The van der Waals surface area contributed by atoms with Crippen molar-refractivity contribution >= 4 is 30.4 Å². The molecule has 0 radical (unpaired) electrons. The highest BCUT2D eigenvalue weighted by Crippen LogP contribution is 2.35. The van der Waals surface area contributed by atoms with Gasteiger partial charge in [0.15, 0.2) is 11.5 Å². The van der Waals surface area contributed by atoms with E-state index in [2.05, 4.69) is 17.9 Å². The van der Waals surface area contributed by atoms with Gasteiger partial charge < -0.3 is 28.8 Å². The predicted molar refractivity (Wildman–Crippen MR) is 123 cm³/mol. The maximum absolute atomic E-state index is 12.7. The first-order chi connectivity index (χ1) is 16.0. The lowest BCUT2D eigenvalue weighted by Crippen LogP contribution is -2.23. The highest BCUT2D eigenvalue weighted by Gasteiger charge is 2.25. The number of aliphatic hydroxyl groups excluding tert-OH is 1. The van der Waals surface area contributed by atoms with Crippen LogP contribution < -0.4 is 19.5 Å². The third-order valence-electron chi connectivity index (χ3n) is 4.88. The predicted octanol–water partition coefficient (Wildman–Crippen LogP) is 3.58. The SMILES string of the molecule is C[C@@H](CCOC(=O)CS)[C@@H](OC(=O)Nc1ccc2c(c1)OCO2)c1cccc(OCCO)c1. The van der Waals surface area contributed by atoms with Gasteiger partial charge >= 0.3 is 12.1 Å². The minimum Gasteiger partial charge on any atom is -0.491 e. The summed E-state index contributed by atoms with van der Waals surface area (Å²) in [7, 11) is 0. The van der Waals surface area contributed by atoms with Crippen molar-refractivity contribution < 1.29 is 38.4 Å². The highest BCUT2D eigenvalue weighted by molar-refractivity contribution is 7.81. The summed E-state index contributed by atoms with van der Waals surface area (Å²) in [6.45, 7) is 2.23. The molecule has 2 aromatic carbocycles. The average molecular weight is 478 g/mol. The van der Waals surface area contributed by atoms with Crippen LogP contribution >= 0.6 is 12.6 Å². The standard InChI is InChI=1S/C23H27NO8S/c1-15(7-9-29-21(26)13-33)22(16-3-2-4-18(11-16)28-10-8-25)32-23(27)24-17-5-6-19-20(12-17)31-14-30-19/h2-6,11-12,15,22,25,33H,7-10,13-14H2,1H3,(H,24,27)/t15-,22+/m0/s1. The second kappa shape index (κ2) is 12.2. The Morgan fingerprint density at radius 3 is 2.76 bits per heavy atom. The Labute approximate surface area is 197 Å². The van der Waals surface area contributed by atoms with Crippen molar-refractivity contribution in [2.24, 2.45) is 5.92 Å². The number of nitrogens with one attached hydrogen (secondary N) is 1. The summed E-state index contributed by atoms with van der Waals surface area (Å²) in [6.07, 6.45) is -0.838. The van der Waals surface area contributed by atoms with Crippen LogP contribution in [0.2, 0.25) is 0 Å². The van der Waals surface area contributed by atoms with Gasteiger partial charge in [-0.25, -0.2) is 4.79 Å². The highest BCUT2D eigenvalue weighted by atomic mass is 32.1. The molecule has 0 fully saturated rings. The molecule has 0 saturated carbocycles. The molecular weight excluding hydrogens is 450 g/mol. The Hall–Kier alpha value is -3.11. The van der Waals surface area contributed by atoms with E-state index in [4.69, 9.17) is 28.8 Å². The van der Waals surface area contributed by atoms with E-state index in [0.29, 0.717) is 34.9 Å². The number of carbonyl (C=O) groups is 2. The fraction of sp³-hybridized carbons (Fsp3) is 0.391. The van der Waals surface area contributed by atoms with Crippen molar-refractivity contribution in [2.45, 2.75) is 19.4 Å². The van der Waals surface area contributed by atoms with Gasteiger partial charge in [0.2, 0.25) is 6.79 Å². The molecule has 0 spiro atoms. The molecule has 9 nitrogen and oxygen atoms in total. The van der Waals surface area contributed by atoms with Crippen LogP contribution in [-0.4, -0.2) is 49.5 Å². The first kappa shape index (κ1) is 24.5. The number of rotatable bonds is 11. The number of aliphatic hydroxyl groups is 1. The van der Waals surface area contributed by atoms with Gasteiger partial charge in [0, 0.05) is 17.7 Å². The fourth-order valence-corrected chi connectivity index (χ4v) is 3.34. The number of ether oxygens (including phenoxy) is 5. The summed E-state index contributed by atoms with van der Waals surface area (Å²) in [6, 6.07) is 12.2. The number of hydrogen-bond donors (Lipinski definition) is 3. The first-order valence-corrected chi connectivity index (χ1v) is 11.1. The first-order valence-electron chi connectivity index (χ1n) is 10.5. The molecule has 2 atom stereocenters. The number of carbonyl (C=O) groups excluding carboxylic acids is 2. The van der Waals surface area contributed by atoms with E-state index >= 15 is 0 Å². The summed E-state index contributed by atoms with van der Waals surface area (Å²) in [4.78, 5) is 24.1. The van der Waals surface area contributed by atoms with Gasteiger partial charge in [-0.2, -0.15) is 12.6 Å². The Kier molecular flexibility index (Phi) is 9.08. The zero-order valence-corrected chi connectivity index (χ0v) is 19.1. The molecule has 0 aromatic heterocycles.